The maximum absolute atomic E-state index is 13.1. The lowest BCUT2D eigenvalue weighted by Crippen LogP contribution is -2.29. The van der Waals surface area contributed by atoms with Crippen LogP contribution in [0.4, 0.5) is 10.1 Å². The van der Waals surface area contributed by atoms with Crippen LogP contribution in [0.1, 0.15) is 36.6 Å². The van der Waals surface area contributed by atoms with Gasteiger partial charge in [-0.2, -0.15) is 0 Å². The summed E-state index contributed by atoms with van der Waals surface area (Å²) >= 11 is 5.91. The largest absolute Gasteiger partial charge is 0.457 e. The number of anilines is 1. The Bertz CT molecular complexity index is 1140. The standard InChI is InChI=1S/C22H13ClFNO4/c23-15-3-1-2-13(10-15)12-29-22(28)14-4-9-18-19(11-14)21(27)25(20(18)26)17-7-5-16(24)6-8-17/h1-11H,12H2. The zero-order chi connectivity index (χ0) is 20.5. The van der Waals surface area contributed by atoms with Gasteiger partial charge in [-0.3, -0.25) is 9.59 Å². The monoisotopic (exact) mass is 409 g/mol. The Morgan fingerprint density at radius 3 is 2.38 bits per heavy atom. The molecule has 4 rings (SSSR count). The summed E-state index contributed by atoms with van der Waals surface area (Å²) in [6.07, 6.45) is 0. The van der Waals surface area contributed by atoms with Crippen molar-refractivity contribution in [3.8, 4) is 0 Å². The van der Waals surface area contributed by atoms with Crippen LogP contribution < -0.4 is 4.90 Å². The molecule has 1 heterocycles. The molecule has 29 heavy (non-hydrogen) atoms. The Morgan fingerprint density at radius 1 is 0.931 bits per heavy atom. The van der Waals surface area contributed by atoms with Crippen molar-refractivity contribution in [1.82, 2.24) is 0 Å². The molecule has 2 amide bonds. The Labute approximate surface area is 170 Å². The highest BCUT2D eigenvalue weighted by Crippen LogP contribution is 2.29. The predicted molar refractivity (Wildman–Crippen MR) is 105 cm³/mol. The lowest BCUT2D eigenvalue weighted by atomic mass is 10.1. The van der Waals surface area contributed by atoms with Gasteiger partial charge in [-0.25, -0.2) is 14.1 Å². The molecule has 0 radical (unpaired) electrons. The molecule has 3 aromatic carbocycles. The van der Waals surface area contributed by atoms with Crippen molar-refractivity contribution < 1.29 is 23.5 Å². The zero-order valence-corrected chi connectivity index (χ0v) is 15.7. The van der Waals surface area contributed by atoms with Crippen LogP contribution in [-0.4, -0.2) is 17.8 Å². The van der Waals surface area contributed by atoms with E-state index in [2.05, 4.69) is 0 Å². The van der Waals surface area contributed by atoms with Crippen LogP contribution in [0.5, 0.6) is 0 Å². The van der Waals surface area contributed by atoms with E-state index in [1.54, 1.807) is 24.3 Å². The molecule has 0 aliphatic carbocycles. The van der Waals surface area contributed by atoms with Gasteiger partial charge in [0.15, 0.2) is 0 Å². The van der Waals surface area contributed by atoms with Crippen molar-refractivity contribution in [1.29, 1.82) is 0 Å². The Hall–Kier alpha value is -3.51. The Morgan fingerprint density at radius 2 is 1.66 bits per heavy atom. The number of hydrogen-bond acceptors (Lipinski definition) is 4. The van der Waals surface area contributed by atoms with Crippen LogP contribution in [0.2, 0.25) is 5.02 Å². The molecule has 0 atom stereocenters. The van der Waals surface area contributed by atoms with Crippen LogP contribution >= 0.6 is 11.6 Å². The fourth-order valence-electron chi connectivity index (χ4n) is 3.05. The van der Waals surface area contributed by atoms with Crippen molar-refractivity contribution in [3.05, 3.63) is 99.8 Å². The fourth-order valence-corrected chi connectivity index (χ4v) is 3.26. The SMILES string of the molecule is O=C(OCc1cccc(Cl)c1)c1ccc2c(c1)C(=O)N(c1ccc(F)cc1)C2=O. The third-order valence-corrected chi connectivity index (χ3v) is 4.70. The second kappa shape index (κ2) is 7.48. The van der Waals surface area contributed by atoms with Crippen molar-refractivity contribution in [2.45, 2.75) is 6.61 Å². The number of ether oxygens (including phenoxy) is 1. The third kappa shape index (κ3) is 3.62. The molecule has 0 saturated heterocycles. The second-order valence-corrected chi connectivity index (χ2v) is 6.82. The summed E-state index contributed by atoms with van der Waals surface area (Å²) in [5, 5.41) is 0.529. The smallest absolute Gasteiger partial charge is 0.338 e. The molecule has 0 fully saturated rings. The third-order valence-electron chi connectivity index (χ3n) is 4.47. The number of carbonyl (C=O) groups is 3. The first kappa shape index (κ1) is 18.8. The molecule has 0 spiro atoms. The highest BCUT2D eigenvalue weighted by molar-refractivity contribution is 6.34. The Balaban J connectivity index is 1.55. The minimum atomic E-state index is -0.631. The summed E-state index contributed by atoms with van der Waals surface area (Å²) in [5.74, 6) is -2.22. The van der Waals surface area contributed by atoms with Gasteiger partial charge in [-0.15, -0.1) is 0 Å². The first-order valence-corrected chi connectivity index (χ1v) is 9.02. The van der Waals surface area contributed by atoms with Gasteiger partial charge in [0.05, 0.1) is 22.4 Å². The van der Waals surface area contributed by atoms with Crippen LogP contribution in [0.3, 0.4) is 0 Å². The molecule has 3 aromatic rings. The zero-order valence-electron chi connectivity index (χ0n) is 14.9. The van der Waals surface area contributed by atoms with Crippen molar-refractivity contribution in [3.63, 3.8) is 0 Å². The molecule has 7 heteroatoms. The van der Waals surface area contributed by atoms with E-state index >= 15 is 0 Å². The summed E-state index contributed by atoms with van der Waals surface area (Å²) in [5.41, 5.74) is 1.39. The number of nitrogens with zero attached hydrogens (tertiary/aromatic N) is 1. The maximum atomic E-state index is 13.1. The summed E-state index contributed by atoms with van der Waals surface area (Å²) in [6.45, 7) is 0.0189. The van der Waals surface area contributed by atoms with E-state index in [0.29, 0.717) is 5.02 Å². The van der Waals surface area contributed by atoms with Gasteiger partial charge in [0.25, 0.3) is 11.8 Å². The van der Waals surface area contributed by atoms with E-state index in [1.807, 2.05) is 0 Å². The average Bonchev–Trinajstić information content (AvgIpc) is 2.97. The molecule has 1 aliphatic rings. The minimum absolute atomic E-state index is 0.0189. The topological polar surface area (TPSA) is 63.7 Å². The van der Waals surface area contributed by atoms with Crippen LogP contribution in [0.25, 0.3) is 0 Å². The van der Waals surface area contributed by atoms with Crippen LogP contribution in [0.15, 0.2) is 66.7 Å². The number of hydrogen-bond donors (Lipinski definition) is 0. The highest BCUT2D eigenvalue weighted by atomic mass is 35.5. The van der Waals surface area contributed by atoms with E-state index in [9.17, 15) is 18.8 Å². The number of carbonyl (C=O) groups excluding carboxylic acids is 3. The van der Waals surface area contributed by atoms with E-state index in [-0.39, 0.29) is 29.0 Å². The molecule has 144 valence electrons. The van der Waals surface area contributed by atoms with Crippen molar-refractivity contribution in [2.75, 3.05) is 4.90 Å². The van der Waals surface area contributed by atoms with E-state index in [4.69, 9.17) is 16.3 Å². The number of esters is 1. The van der Waals surface area contributed by atoms with Gasteiger partial charge < -0.3 is 4.74 Å². The van der Waals surface area contributed by atoms with E-state index in [1.165, 1.54) is 30.3 Å². The molecule has 0 N–H and O–H groups in total. The molecule has 1 aliphatic heterocycles. The summed E-state index contributed by atoms with van der Waals surface area (Å²) < 4.78 is 18.4. The van der Waals surface area contributed by atoms with Crippen LogP contribution in [-0.2, 0) is 11.3 Å². The Kier molecular flexibility index (Phi) is 4.86. The summed E-state index contributed by atoms with van der Waals surface area (Å²) in [4.78, 5) is 38.7. The minimum Gasteiger partial charge on any atom is -0.457 e. The number of rotatable bonds is 4. The molecular weight excluding hydrogens is 397 g/mol. The van der Waals surface area contributed by atoms with Gasteiger partial charge in [-0.1, -0.05) is 23.7 Å². The first-order valence-electron chi connectivity index (χ1n) is 8.64. The number of halogens is 2. The van der Waals surface area contributed by atoms with Crippen LogP contribution in [0, 0.1) is 5.82 Å². The normalized spacial score (nSPS) is 12.8. The lowest BCUT2D eigenvalue weighted by Gasteiger charge is -2.13. The molecule has 0 saturated carbocycles. The number of fused-ring (bicyclic) bond motifs is 1. The molecule has 0 aromatic heterocycles. The lowest BCUT2D eigenvalue weighted by molar-refractivity contribution is 0.0472. The fraction of sp³-hybridized carbons (Fsp3) is 0.0455. The molecule has 0 unspecified atom stereocenters. The number of imide groups is 1. The van der Waals surface area contributed by atoms with Gasteiger partial charge in [-0.05, 0) is 60.2 Å². The highest BCUT2D eigenvalue weighted by Gasteiger charge is 2.37. The first-order chi connectivity index (χ1) is 13.9. The molecular formula is C22H13ClFNO4. The second-order valence-electron chi connectivity index (χ2n) is 6.39. The number of amides is 2. The quantitative estimate of drug-likeness (QED) is 0.465. The van der Waals surface area contributed by atoms with Gasteiger partial charge >= 0.3 is 5.97 Å². The number of benzene rings is 3. The van der Waals surface area contributed by atoms with Crippen molar-refractivity contribution in [2.24, 2.45) is 0 Å². The predicted octanol–water partition coefficient (Wildman–Crippen LogP) is 4.64. The molecule has 5 nitrogen and oxygen atoms in total. The summed E-state index contributed by atoms with van der Waals surface area (Å²) in [6, 6.07) is 16.1. The maximum Gasteiger partial charge on any atom is 0.338 e. The molecule has 0 bridgehead atoms. The van der Waals surface area contributed by atoms with E-state index < -0.39 is 23.6 Å². The van der Waals surface area contributed by atoms with E-state index in [0.717, 1.165) is 22.6 Å². The average molecular weight is 410 g/mol. The van der Waals surface area contributed by atoms with Gasteiger partial charge in [0.2, 0.25) is 0 Å². The summed E-state index contributed by atoms with van der Waals surface area (Å²) in [7, 11) is 0. The van der Waals surface area contributed by atoms with Gasteiger partial charge in [0.1, 0.15) is 12.4 Å². The van der Waals surface area contributed by atoms with Gasteiger partial charge in [0, 0.05) is 5.02 Å². The van der Waals surface area contributed by atoms with Crippen molar-refractivity contribution >= 4 is 35.1 Å².